The van der Waals surface area contributed by atoms with Crippen molar-refractivity contribution in [3.8, 4) is 0 Å². The van der Waals surface area contributed by atoms with Crippen LogP contribution in [0.25, 0.3) is 0 Å². The number of benzene rings is 3. The van der Waals surface area contributed by atoms with Gasteiger partial charge < -0.3 is 15.1 Å². The van der Waals surface area contributed by atoms with Crippen molar-refractivity contribution in [2.75, 3.05) is 31.2 Å². The van der Waals surface area contributed by atoms with Crippen LogP contribution in [-0.2, 0) is 0 Å². The van der Waals surface area contributed by atoms with Crippen LogP contribution in [-0.4, -0.2) is 43.4 Å². The molecule has 3 rings (SSSR count). The molecule has 0 bridgehead atoms. The fourth-order valence-electron chi connectivity index (χ4n) is 4.97. The predicted octanol–water partition coefficient (Wildman–Crippen LogP) is 4.22. The SMILES string of the molecule is Cc1cc(C)c(B(N=Nc2ccc(N(CCO)CCO)cc2)c2c(C)cc(C)cc2C)c(C)c1. The van der Waals surface area contributed by atoms with Crippen molar-refractivity contribution in [2.45, 2.75) is 41.5 Å². The van der Waals surface area contributed by atoms with E-state index in [1.54, 1.807) is 0 Å². The minimum Gasteiger partial charge on any atom is -0.395 e. The number of aliphatic hydroxyl groups excluding tert-OH is 2. The summed E-state index contributed by atoms with van der Waals surface area (Å²) in [5.41, 5.74) is 11.5. The van der Waals surface area contributed by atoms with Crippen LogP contribution in [0.4, 0.5) is 11.4 Å². The van der Waals surface area contributed by atoms with Gasteiger partial charge >= 0.3 is 6.85 Å². The highest BCUT2D eigenvalue weighted by Gasteiger charge is 2.27. The van der Waals surface area contributed by atoms with E-state index in [2.05, 4.69) is 70.9 Å². The molecule has 2 N–H and O–H groups in total. The topological polar surface area (TPSA) is 68.4 Å². The third-order valence-electron chi connectivity index (χ3n) is 6.27. The first-order valence-corrected chi connectivity index (χ1v) is 11.9. The zero-order valence-electron chi connectivity index (χ0n) is 21.3. The number of nitrogens with zero attached hydrogens (tertiary/aromatic N) is 3. The number of aliphatic hydroxyl groups is 2. The zero-order valence-corrected chi connectivity index (χ0v) is 21.3. The molecular formula is C28H36BN3O2. The maximum atomic E-state index is 9.31. The molecular weight excluding hydrogens is 421 g/mol. The summed E-state index contributed by atoms with van der Waals surface area (Å²) in [6.45, 7) is 13.7. The van der Waals surface area contributed by atoms with Crippen LogP contribution in [0, 0.1) is 41.5 Å². The molecule has 34 heavy (non-hydrogen) atoms. The molecule has 6 heteroatoms. The number of anilines is 1. The van der Waals surface area contributed by atoms with Crippen molar-refractivity contribution in [3.63, 3.8) is 0 Å². The van der Waals surface area contributed by atoms with Gasteiger partial charge in [-0.2, -0.15) is 5.11 Å². The van der Waals surface area contributed by atoms with Gasteiger partial charge in [-0.25, -0.2) is 5.03 Å². The molecule has 3 aromatic rings. The Labute approximate surface area is 204 Å². The van der Waals surface area contributed by atoms with Crippen LogP contribution in [0.15, 0.2) is 58.7 Å². The molecule has 3 aromatic carbocycles. The monoisotopic (exact) mass is 457 g/mol. The van der Waals surface area contributed by atoms with Crippen molar-refractivity contribution in [1.82, 2.24) is 0 Å². The van der Waals surface area contributed by atoms with Crippen LogP contribution in [0.2, 0.25) is 0 Å². The molecule has 0 unspecified atom stereocenters. The summed E-state index contributed by atoms with van der Waals surface area (Å²) in [7, 11) is 0. The van der Waals surface area contributed by atoms with E-state index in [1.807, 2.05) is 29.2 Å². The molecule has 0 saturated heterocycles. The minimum atomic E-state index is -0.193. The molecule has 0 atom stereocenters. The molecule has 0 aromatic heterocycles. The van der Waals surface area contributed by atoms with E-state index in [9.17, 15) is 10.2 Å². The second-order valence-corrected chi connectivity index (χ2v) is 9.19. The molecule has 0 saturated carbocycles. The van der Waals surface area contributed by atoms with Crippen molar-refractivity contribution >= 4 is 29.1 Å². The Morgan fingerprint density at radius 1 is 0.676 bits per heavy atom. The van der Waals surface area contributed by atoms with Gasteiger partial charge in [0.05, 0.1) is 18.9 Å². The Bertz CT molecular complexity index is 1050. The standard InChI is InChI=1S/C28H36BN3O2/c1-19-15-21(3)27(22(4)16-19)29(28-23(5)17-20(2)18-24(28)6)31-30-25-7-9-26(10-8-25)32(11-13-33)12-14-34/h7-10,15-18,33-34H,11-14H2,1-6H3. The van der Waals surface area contributed by atoms with E-state index in [4.69, 9.17) is 5.03 Å². The van der Waals surface area contributed by atoms with Gasteiger partial charge in [0.15, 0.2) is 0 Å². The highest BCUT2D eigenvalue weighted by molar-refractivity contribution is 6.85. The normalized spacial score (nSPS) is 11.3. The first-order valence-electron chi connectivity index (χ1n) is 11.9. The second-order valence-electron chi connectivity index (χ2n) is 9.19. The molecule has 178 valence electrons. The molecule has 0 heterocycles. The highest BCUT2D eigenvalue weighted by Crippen LogP contribution is 2.21. The number of hydrogen-bond acceptors (Lipinski definition) is 5. The Hall–Kier alpha value is -2.96. The predicted molar refractivity (Wildman–Crippen MR) is 144 cm³/mol. The smallest absolute Gasteiger partial charge is 0.374 e. The number of hydrogen-bond donors (Lipinski definition) is 2. The van der Waals surface area contributed by atoms with Crippen molar-refractivity contribution in [1.29, 1.82) is 0 Å². The summed E-state index contributed by atoms with van der Waals surface area (Å²) >= 11 is 0. The van der Waals surface area contributed by atoms with E-state index in [1.165, 1.54) is 44.3 Å². The largest absolute Gasteiger partial charge is 0.395 e. The van der Waals surface area contributed by atoms with Crippen LogP contribution in [0.1, 0.15) is 33.4 Å². The number of rotatable bonds is 9. The van der Waals surface area contributed by atoms with E-state index in [-0.39, 0.29) is 20.1 Å². The minimum absolute atomic E-state index is 0.0354. The quantitative estimate of drug-likeness (QED) is 0.374. The second kappa shape index (κ2) is 11.5. The average Bonchev–Trinajstić information content (AvgIpc) is 2.76. The van der Waals surface area contributed by atoms with Crippen molar-refractivity contribution in [2.24, 2.45) is 10.1 Å². The first kappa shape index (κ1) is 25.7. The van der Waals surface area contributed by atoms with Gasteiger partial charge in [0.2, 0.25) is 0 Å². The fraction of sp³-hybridized carbons (Fsp3) is 0.357. The maximum absolute atomic E-state index is 9.31. The summed E-state index contributed by atoms with van der Waals surface area (Å²) in [5.74, 6) is 0. The molecule has 0 spiro atoms. The molecule has 5 nitrogen and oxygen atoms in total. The van der Waals surface area contributed by atoms with Crippen LogP contribution in [0.3, 0.4) is 0 Å². The van der Waals surface area contributed by atoms with Gasteiger partial charge in [-0.05, 0) is 76.7 Å². The van der Waals surface area contributed by atoms with Gasteiger partial charge in [0.25, 0.3) is 0 Å². The third-order valence-corrected chi connectivity index (χ3v) is 6.27. The summed E-state index contributed by atoms with van der Waals surface area (Å²) in [6.07, 6.45) is 0. The lowest BCUT2D eigenvalue weighted by atomic mass is 9.47. The molecule has 0 radical (unpaired) electrons. The Morgan fingerprint density at radius 3 is 1.47 bits per heavy atom. The average molecular weight is 457 g/mol. The molecule has 0 fully saturated rings. The van der Waals surface area contributed by atoms with Crippen molar-refractivity contribution < 1.29 is 10.2 Å². The lowest BCUT2D eigenvalue weighted by molar-refractivity contribution is 0.281. The third kappa shape index (κ3) is 5.93. The molecule has 0 aliphatic rings. The Balaban J connectivity index is 2.04. The van der Waals surface area contributed by atoms with E-state index >= 15 is 0 Å². The summed E-state index contributed by atoms with van der Waals surface area (Å²) in [4.78, 5) is 1.95. The van der Waals surface area contributed by atoms with Gasteiger partial charge in [-0.3, -0.25) is 0 Å². The molecule has 0 aliphatic heterocycles. The van der Waals surface area contributed by atoms with Crippen LogP contribution >= 0.6 is 0 Å². The van der Waals surface area contributed by atoms with Gasteiger partial charge in [0, 0.05) is 18.8 Å². The lowest BCUT2D eigenvalue weighted by Gasteiger charge is -2.22. The highest BCUT2D eigenvalue weighted by atomic mass is 16.3. The summed E-state index contributed by atoms with van der Waals surface area (Å²) in [6, 6.07) is 16.7. The maximum Gasteiger partial charge on any atom is 0.374 e. The Morgan fingerprint density at radius 2 is 1.09 bits per heavy atom. The zero-order chi connectivity index (χ0) is 24.8. The van der Waals surface area contributed by atoms with E-state index in [0.29, 0.717) is 13.1 Å². The fourth-order valence-corrected chi connectivity index (χ4v) is 4.97. The van der Waals surface area contributed by atoms with Gasteiger partial charge in [-0.1, -0.05) is 57.6 Å². The molecule has 0 aliphatic carbocycles. The first-order chi connectivity index (χ1) is 16.2. The number of aryl methyl sites for hydroxylation is 6. The van der Waals surface area contributed by atoms with Gasteiger partial charge in [-0.15, -0.1) is 0 Å². The molecule has 0 amide bonds. The van der Waals surface area contributed by atoms with Crippen LogP contribution < -0.4 is 15.8 Å². The van der Waals surface area contributed by atoms with E-state index in [0.717, 1.165) is 11.4 Å². The summed E-state index contributed by atoms with van der Waals surface area (Å²) < 4.78 is 0. The van der Waals surface area contributed by atoms with Crippen LogP contribution in [0.5, 0.6) is 0 Å². The summed E-state index contributed by atoms with van der Waals surface area (Å²) in [5, 5.41) is 28.2. The van der Waals surface area contributed by atoms with Gasteiger partial charge in [0.1, 0.15) is 0 Å². The Kier molecular flexibility index (Phi) is 8.64. The lowest BCUT2D eigenvalue weighted by Crippen LogP contribution is -2.46. The van der Waals surface area contributed by atoms with Crippen molar-refractivity contribution in [3.05, 3.63) is 81.9 Å². The van der Waals surface area contributed by atoms with E-state index < -0.39 is 0 Å².